The molecule has 0 aliphatic rings. The first kappa shape index (κ1) is 26.0. The van der Waals surface area contributed by atoms with Crippen LogP contribution in [0.5, 0.6) is 17.2 Å². The fraction of sp³-hybridized carbons (Fsp3) is 0.179. The standard InChI is InChI=1S/C28H28N2O6/c1-20-4-6-22(7-5-20)18-29-28(31)19-36-24-12-9-21(10-13-24)8-11-23-16-25(34-2)17-27(35-3)26(23)14-15-30(32)33/h4-17H,18-19H2,1-3H3,(H,29,31)/b11-8+,15-14+. The lowest BCUT2D eigenvalue weighted by Crippen LogP contribution is -2.28. The van der Waals surface area contributed by atoms with Gasteiger partial charge in [0.25, 0.3) is 5.91 Å². The molecule has 3 rings (SSSR count). The van der Waals surface area contributed by atoms with Crippen LogP contribution in [0.1, 0.15) is 27.8 Å². The maximum atomic E-state index is 12.1. The maximum absolute atomic E-state index is 12.1. The SMILES string of the molecule is COc1cc(/C=C/c2ccc(OCC(=O)NCc3ccc(C)cc3)cc2)c(/C=C/[N+](=O)[O-])c(OC)c1. The van der Waals surface area contributed by atoms with Crippen molar-refractivity contribution >= 4 is 24.1 Å². The second-order valence-corrected chi connectivity index (χ2v) is 7.89. The quantitative estimate of drug-likeness (QED) is 0.228. The number of hydrogen-bond donors (Lipinski definition) is 1. The summed E-state index contributed by atoms with van der Waals surface area (Å²) < 4.78 is 16.3. The number of methoxy groups -OCH3 is 2. The molecule has 3 aromatic rings. The first-order valence-electron chi connectivity index (χ1n) is 11.2. The Labute approximate surface area is 210 Å². The highest BCUT2D eigenvalue weighted by Gasteiger charge is 2.10. The third-order valence-corrected chi connectivity index (χ3v) is 5.28. The third-order valence-electron chi connectivity index (χ3n) is 5.28. The lowest BCUT2D eigenvalue weighted by Gasteiger charge is -2.11. The summed E-state index contributed by atoms with van der Waals surface area (Å²) in [4.78, 5) is 22.4. The lowest BCUT2D eigenvalue weighted by molar-refractivity contribution is -0.400. The van der Waals surface area contributed by atoms with Crippen LogP contribution in [0.3, 0.4) is 0 Å². The van der Waals surface area contributed by atoms with E-state index in [4.69, 9.17) is 14.2 Å². The molecule has 0 bridgehead atoms. The molecule has 0 aliphatic heterocycles. The molecule has 1 N–H and O–H groups in total. The van der Waals surface area contributed by atoms with Gasteiger partial charge in [-0.05, 0) is 41.8 Å². The molecule has 8 nitrogen and oxygen atoms in total. The van der Waals surface area contributed by atoms with E-state index in [1.54, 1.807) is 24.3 Å². The van der Waals surface area contributed by atoms with Gasteiger partial charge in [-0.2, -0.15) is 0 Å². The fourth-order valence-electron chi connectivity index (χ4n) is 3.33. The van der Waals surface area contributed by atoms with Crippen molar-refractivity contribution in [3.8, 4) is 17.2 Å². The van der Waals surface area contributed by atoms with Crippen molar-refractivity contribution in [3.05, 3.63) is 105 Å². The molecule has 0 fully saturated rings. The lowest BCUT2D eigenvalue weighted by atomic mass is 10.0. The van der Waals surface area contributed by atoms with E-state index in [2.05, 4.69) is 5.32 Å². The molecule has 186 valence electrons. The molecule has 0 aromatic heterocycles. The Morgan fingerprint density at radius 2 is 1.67 bits per heavy atom. The summed E-state index contributed by atoms with van der Waals surface area (Å²) in [6.45, 7) is 2.37. The van der Waals surface area contributed by atoms with Gasteiger partial charge >= 0.3 is 0 Å². The van der Waals surface area contributed by atoms with Gasteiger partial charge < -0.3 is 19.5 Å². The Bertz CT molecular complexity index is 1250. The summed E-state index contributed by atoms with van der Waals surface area (Å²) in [7, 11) is 3.03. The highest BCUT2D eigenvalue weighted by Crippen LogP contribution is 2.31. The van der Waals surface area contributed by atoms with Crippen LogP contribution in [0.2, 0.25) is 0 Å². The van der Waals surface area contributed by atoms with Gasteiger partial charge in [-0.1, -0.05) is 54.1 Å². The Hall–Kier alpha value is -4.59. The summed E-state index contributed by atoms with van der Waals surface area (Å²) in [5.41, 5.74) is 4.31. The number of nitrogens with one attached hydrogen (secondary N) is 1. The van der Waals surface area contributed by atoms with Gasteiger partial charge in [0.2, 0.25) is 6.20 Å². The molecule has 1 amide bonds. The fourth-order valence-corrected chi connectivity index (χ4v) is 3.33. The van der Waals surface area contributed by atoms with Gasteiger partial charge in [-0.15, -0.1) is 0 Å². The van der Waals surface area contributed by atoms with Gasteiger partial charge in [0.05, 0.1) is 19.1 Å². The molecule has 0 aliphatic carbocycles. The van der Waals surface area contributed by atoms with Crippen molar-refractivity contribution in [3.63, 3.8) is 0 Å². The number of nitrogens with zero attached hydrogens (tertiary/aromatic N) is 1. The minimum absolute atomic E-state index is 0.0865. The number of carbonyl (C=O) groups is 1. The van der Waals surface area contributed by atoms with Crippen molar-refractivity contribution < 1.29 is 23.9 Å². The molecular weight excluding hydrogens is 460 g/mol. The number of amides is 1. The molecule has 0 saturated carbocycles. The largest absolute Gasteiger partial charge is 0.497 e. The highest BCUT2D eigenvalue weighted by molar-refractivity contribution is 5.79. The van der Waals surface area contributed by atoms with Crippen molar-refractivity contribution in [2.45, 2.75) is 13.5 Å². The molecule has 0 unspecified atom stereocenters. The predicted molar refractivity (Wildman–Crippen MR) is 139 cm³/mol. The zero-order valence-corrected chi connectivity index (χ0v) is 20.4. The second-order valence-electron chi connectivity index (χ2n) is 7.89. The smallest absolute Gasteiger partial charge is 0.258 e. The van der Waals surface area contributed by atoms with Gasteiger partial charge in [0, 0.05) is 24.3 Å². The van der Waals surface area contributed by atoms with Crippen molar-refractivity contribution in [2.75, 3.05) is 20.8 Å². The summed E-state index contributed by atoms with van der Waals surface area (Å²) in [6, 6.07) is 18.6. The molecular formula is C28H28N2O6. The van der Waals surface area contributed by atoms with E-state index in [-0.39, 0.29) is 12.5 Å². The zero-order chi connectivity index (χ0) is 25.9. The van der Waals surface area contributed by atoms with Crippen LogP contribution in [0.4, 0.5) is 0 Å². The maximum Gasteiger partial charge on any atom is 0.258 e. The average Bonchev–Trinajstić information content (AvgIpc) is 2.89. The van der Waals surface area contributed by atoms with Crippen LogP contribution >= 0.6 is 0 Å². The van der Waals surface area contributed by atoms with Crippen LogP contribution in [-0.4, -0.2) is 31.7 Å². The van der Waals surface area contributed by atoms with Crippen LogP contribution in [-0.2, 0) is 11.3 Å². The molecule has 0 atom stereocenters. The van der Waals surface area contributed by atoms with E-state index in [0.717, 1.165) is 17.3 Å². The number of rotatable bonds is 11. The average molecular weight is 489 g/mol. The van der Waals surface area contributed by atoms with Crippen molar-refractivity contribution in [1.82, 2.24) is 5.32 Å². The van der Waals surface area contributed by atoms with Crippen LogP contribution in [0.25, 0.3) is 18.2 Å². The molecule has 0 heterocycles. The van der Waals surface area contributed by atoms with E-state index >= 15 is 0 Å². The first-order valence-corrected chi connectivity index (χ1v) is 11.2. The monoisotopic (exact) mass is 488 g/mol. The second kappa shape index (κ2) is 12.8. The molecule has 36 heavy (non-hydrogen) atoms. The zero-order valence-electron chi connectivity index (χ0n) is 20.4. The Morgan fingerprint density at radius 3 is 2.31 bits per heavy atom. The van der Waals surface area contributed by atoms with E-state index in [1.807, 2.05) is 55.5 Å². The number of hydrogen-bond acceptors (Lipinski definition) is 6. The van der Waals surface area contributed by atoms with E-state index in [9.17, 15) is 14.9 Å². The van der Waals surface area contributed by atoms with Gasteiger partial charge in [-0.25, -0.2) is 0 Å². The van der Waals surface area contributed by atoms with E-state index in [1.165, 1.54) is 25.9 Å². The molecule has 0 spiro atoms. The van der Waals surface area contributed by atoms with Crippen LogP contribution < -0.4 is 19.5 Å². The summed E-state index contributed by atoms with van der Waals surface area (Å²) in [6.07, 6.45) is 5.93. The molecule has 8 heteroatoms. The molecule has 3 aromatic carbocycles. The van der Waals surface area contributed by atoms with Crippen LogP contribution in [0, 0.1) is 17.0 Å². The van der Waals surface area contributed by atoms with E-state index in [0.29, 0.717) is 34.9 Å². The number of carbonyl (C=O) groups excluding carboxylic acids is 1. The number of aryl methyl sites for hydroxylation is 1. The summed E-state index contributed by atoms with van der Waals surface area (Å²) in [5.74, 6) is 1.38. The van der Waals surface area contributed by atoms with Gasteiger partial charge in [0.15, 0.2) is 6.61 Å². The number of benzene rings is 3. The molecule has 0 saturated heterocycles. The van der Waals surface area contributed by atoms with Crippen molar-refractivity contribution in [1.29, 1.82) is 0 Å². The molecule has 0 radical (unpaired) electrons. The Balaban J connectivity index is 1.63. The highest BCUT2D eigenvalue weighted by atomic mass is 16.6. The third kappa shape index (κ3) is 7.73. The normalized spacial score (nSPS) is 11.0. The first-order chi connectivity index (χ1) is 17.4. The topological polar surface area (TPSA) is 99.9 Å². The van der Waals surface area contributed by atoms with Crippen molar-refractivity contribution in [2.24, 2.45) is 0 Å². The Morgan fingerprint density at radius 1 is 0.944 bits per heavy atom. The van der Waals surface area contributed by atoms with Crippen LogP contribution in [0.15, 0.2) is 66.9 Å². The number of nitro groups is 1. The minimum atomic E-state index is -0.529. The predicted octanol–water partition coefficient (Wildman–Crippen LogP) is 5.13. The van der Waals surface area contributed by atoms with Gasteiger partial charge in [0.1, 0.15) is 17.2 Å². The minimum Gasteiger partial charge on any atom is -0.497 e. The summed E-state index contributed by atoms with van der Waals surface area (Å²) in [5, 5.41) is 13.7. The Kier molecular flexibility index (Phi) is 9.22. The van der Waals surface area contributed by atoms with E-state index < -0.39 is 4.92 Å². The summed E-state index contributed by atoms with van der Waals surface area (Å²) >= 11 is 0. The van der Waals surface area contributed by atoms with Gasteiger partial charge in [-0.3, -0.25) is 14.9 Å². The number of ether oxygens (including phenoxy) is 3.